The molecule has 1 heterocycles. The van der Waals surface area contributed by atoms with Crippen molar-refractivity contribution in [2.75, 3.05) is 0 Å². The number of rotatable bonds is 1. The predicted molar refractivity (Wildman–Crippen MR) is 46.9 cm³/mol. The zero-order valence-electron chi connectivity index (χ0n) is 8.31. The van der Waals surface area contributed by atoms with E-state index in [4.69, 9.17) is 0 Å². The van der Waals surface area contributed by atoms with Crippen LogP contribution in [-0.4, -0.2) is 9.78 Å². The van der Waals surface area contributed by atoms with Gasteiger partial charge >= 0.3 is 6.55 Å². The third-order valence-electron chi connectivity index (χ3n) is 1.83. The van der Waals surface area contributed by atoms with Crippen LogP contribution in [0.25, 0.3) is 0 Å². The molecule has 1 aromatic rings. The van der Waals surface area contributed by atoms with E-state index in [1.54, 1.807) is 6.92 Å². The van der Waals surface area contributed by atoms with E-state index in [1.165, 1.54) is 6.20 Å². The van der Waals surface area contributed by atoms with Crippen LogP contribution in [0, 0.1) is 6.92 Å². The molecule has 0 saturated heterocycles. The summed E-state index contributed by atoms with van der Waals surface area (Å²) in [5.41, 5.74) is 1.37. The molecule has 0 radical (unpaired) electrons. The Morgan fingerprint density at radius 2 is 1.92 bits per heavy atom. The second kappa shape index (κ2) is 3.09. The molecule has 0 unspecified atom stereocenters. The quantitative estimate of drug-likeness (QED) is 0.662. The first-order valence-corrected chi connectivity index (χ1v) is 4.17. The van der Waals surface area contributed by atoms with E-state index in [-0.39, 0.29) is 5.41 Å². The fourth-order valence-corrected chi connectivity index (χ4v) is 1.32. The molecule has 0 spiro atoms. The van der Waals surface area contributed by atoms with Gasteiger partial charge in [0.15, 0.2) is 0 Å². The molecule has 13 heavy (non-hydrogen) atoms. The van der Waals surface area contributed by atoms with Crippen molar-refractivity contribution in [1.82, 2.24) is 9.78 Å². The Bertz CT molecular complexity index is 297. The summed E-state index contributed by atoms with van der Waals surface area (Å²) in [6.07, 6.45) is 1.38. The fourth-order valence-electron chi connectivity index (χ4n) is 1.32. The topological polar surface area (TPSA) is 17.8 Å². The molecule has 0 aromatic carbocycles. The molecule has 0 aliphatic carbocycles. The highest BCUT2D eigenvalue weighted by molar-refractivity contribution is 5.22. The van der Waals surface area contributed by atoms with E-state index in [0.29, 0.717) is 4.68 Å². The van der Waals surface area contributed by atoms with Gasteiger partial charge in [-0.25, -0.2) is 4.68 Å². The van der Waals surface area contributed by atoms with E-state index in [0.717, 1.165) is 11.3 Å². The van der Waals surface area contributed by atoms with Gasteiger partial charge in [0.05, 0.1) is 5.69 Å². The Hall–Kier alpha value is -0.930. The second-order valence-electron chi connectivity index (χ2n) is 4.17. The molecule has 0 saturated carbocycles. The van der Waals surface area contributed by atoms with Crippen LogP contribution in [0.15, 0.2) is 6.20 Å². The average Bonchev–Trinajstić information content (AvgIpc) is 2.29. The highest BCUT2D eigenvalue weighted by atomic mass is 19.3. The van der Waals surface area contributed by atoms with E-state index in [1.807, 2.05) is 20.8 Å². The molecule has 0 aliphatic heterocycles. The first-order valence-electron chi connectivity index (χ1n) is 4.17. The Labute approximate surface area is 76.6 Å². The molecule has 0 bridgehead atoms. The molecular formula is C9H14F2N2. The fraction of sp³-hybridized carbons (Fsp3) is 0.667. The van der Waals surface area contributed by atoms with E-state index in [9.17, 15) is 8.78 Å². The molecule has 1 aromatic heterocycles. The first kappa shape index (κ1) is 10.2. The Morgan fingerprint density at radius 1 is 1.38 bits per heavy atom. The van der Waals surface area contributed by atoms with Gasteiger partial charge in [-0.3, -0.25) is 0 Å². The van der Waals surface area contributed by atoms with Crippen molar-refractivity contribution >= 4 is 0 Å². The van der Waals surface area contributed by atoms with Crippen LogP contribution in [0.4, 0.5) is 8.78 Å². The number of aryl methyl sites for hydroxylation is 1. The number of hydrogen-bond acceptors (Lipinski definition) is 1. The van der Waals surface area contributed by atoms with E-state index in [2.05, 4.69) is 5.10 Å². The maximum atomic E-state index is 12.2. The standard InChI is InChI=1S/C9H14F2N2/c1-6-5-13(8(10)11)12-7(6)9(2,3)4/h5,8H,1-4H3. The minimum Gasteiger partial charge on any atom is -0.211 e. The summed E-state index contributed by atoms with van der Waals surface area (Å²) in [7, 11) is 0. The van der Waals surface area contributed by atoms with Crippen molar-refractivity contribution in [3.8, 4) is 0 Å². The van der Waals surface area contributed by atoms with Gasteiger partial charge in [0, 0.05) is 11.6 Å². The molecule has 74 valence electrons. The number of halogens is 2. The SMILES string of the molecule is Cc1cn(C(F)F)nc1C(C)(C)C. The highest BCUT2D eigenvalue weighted by Crippen LogP contribution is 2.25. The summed E-state index contributed by atoms with van der Waals surface area (Å²) in [6.45, 7) is 5.12. The molecule has 2 nitrogen and oxygen atoms in total. The summed E-state index contributed by atoms with van der Waals surface area (Å²) in [4.78, 5) is 0. The van der Waals surface area contributed by atoms with Crippen LogP contribution in [-0.2, 0) is 5.41 Å². The van der Waals surface area contributed by atoms with Crippen molar-refractivity contribution in [3.63, 3.8) is 0 Å². The molecule has 0 atom stereocenters. The van der Waals surface area contributed by atoms with Crippen LogP contribution in [0.2, 0.25) is 0 Å². The second-order valence-corrected chi connectivity index (χ2v) is 4.17. The predicted octanol–water partition coefficient (Wildman–Crippen LogP) is 2.88. The van der Waals surface area contributed by atoms with Crippen LogP contribution in [0.3, 0.4) is 0 Å². The number of hydrogen-bond donors (Lipinski definition) is 0. The molecule has 1 rings (SSSR count). The summed E-state index contributed by atoms with van der Waals surface area (Å²) >= 11 is 0. The lowest BCUT2D eigenvalue weighted by molar-refractivity contribution is 0.0558. The third kappa shape index (κ3) is 2.05. The largest absolute Gasteiger partial charge is 0.333 e. The number of nitrogens with zero attached hydrogens (tertiary/aromatic N) is 2. The van der Waals surface area contributed by atoms with Gasteiger partial charge in [-0.2, -0.15) is 13.9 Å². The molecule has 4 heteroatoms. The smallest absolute Gasteiger partial charge is 0.211 e. The van der Waals surface area contributed by atoms with Crippen LogP contribution >= 0.6 is 0 Å². The minimum absolute atomic E-state index is 0.176. The monoisotopic (exact) mass is 188 g/mol. The number of alkyl halides is 2. The molecule has 0 aliphatic rings. The molecule has 0 N–H and O–H groups in total. The van der Waals surface area contributed by atoms with Gasteiger partial charge in [-0.05, 0) is 12.5 Å². The van der Waals surface area contributed by atoms with Crippen molar-refractivity contribution in [1.29, 1.82) is 0 Å². The van der Waals surface area contributed by atoms with Crippen molar-refractivity contribution in [2.45, 2.75) is 39.7 Å². The zero-order chi connectivity index (χ0) is 10.2. The van der Waals surface area contributed by atoms with Crippen molar-refractivity contribution in [3.05, 3.63) is 17.5 Å². The Kier molecular flexibility index (Phi) is 2.41. The first-order chi connectivity index (χ1) is 5.82. The third-order valence-corrected chi connectivity index (χ3v) is 1.83. The van der Waals surface area contributed by atoms with Crippen molar-refractivity contribution in [2.24, 2.45) is 0 Å². The van der Waals surface area contributed by atoms with Gasteiger partial charge in [0.1, 0.15) is 0 Å². The van der Waals surface area contributed by atoms with Crippen molar-refractivity contribution < 1.29 is 8.78 Å². The maximum absolute atomic E-state index is 12.2. The highest BCUT2D eigenvalue weighted by Gasteiger charge is 2.21. The molecular weight excluding hydrogens is 174 g/mol. The average molecular weight is 188 g/mol. The van der Waals surface area contributed by atoms with Crippen LogP contribution in [0.5, 0.6) is 0 Å². The van der Waals surface area contributed by atoms with E-state index >= 15 is 0 Å². The van der Waals surface area contributed by atoms with Gasteiger partial charge < -0.3 is 0 Å². The Balaban J connectivity index is 3.11. The lowest BCUT2D eigenvalue weighted by atomic mass is 9.90. The Morgan fingerprint density at radius 3 is 2.15 bits per heavy atom. The van der Waals surface area contributed by atoms with Gasteiger partial charge in [-0.1, -0.05) is 20.8 Å². The molecule has 0 fully saturated rings. The molecule has 0 amide bonds. The van der Waals surface area contributed by atoms with Crippen LogP contribution < -0.4 is 0 Å². The summed E-state index contributed by atoms with van der Waals surface area (Å²) in [5.74, 6) is 0. The van der Waals surface area contributed by atoms with Crippen LogP contribution in [0.1, 0.15) is 38.6 Å². The normalized spacial score (nSPS) is 12.5. The lowest BCUT2D eigenvalue weighted by Gasteiger charge is -2.15. The number of aromatic nitrogens is 2. The maximum Gasteiger partial charge on any atom is 0.333 e. The lowest BCUT2D eigenvalue weighted by Crippen LogP contribution is -2.14. The van der Waals surface area contributed by atoms with Gasteiger partial charge in [-0.15, -0.1) is 0 Å². The van der Waals surface area contributed by atoms with Gasteiger partial charge in [0.2, 0.25) is 0 Å². The van der Waals surface area contributed by atoms with Gasteiger partial charge in [0.25, 0.3) is 0 Å². The summed E-state index contributed by atoms with van der Waals surface area (Å²) < 4.78 is 25.2. The zero-order valence-corrected chi connectivity index (χ0v) is 8.31. The summed E-state index contributed by atoms with van der Waals surface area (Å²) in [5, 5.41) is 3.85. The van der Waals surface area contributed by atoms with E-state index < -0.39 is 6.55 Å². The minimum atomic E-state index is -2.55. The summed E-state index contributed by atoms with van der Waals surface area (Å²) in [6, 6.07) is 0.